The third kappa shape index (κ3) is 1.98. The molecule has 1 atom stereocenters. The third-order valence-electron chi connectivity index (χ3n) is 5.32. The Balaban J connectivity index is 2.18. The molecule has 2 aromatic carbocycles. The number of aryl methyl sites for hydroxylation is 1. The summed E-state index contributed by atoms with van der Waals surface area (Å²) in [5.41, 5.74) is 5.74. The molecule has 2 aliphatic carbocycles. The summed E-state index contributed by atoms with van der Waals surface area (Å²) in [7, 11) is 0. The van der Waals surface area contributed by atoms with Crippen LogP contribution in [-0.2, 0) is 10.2 Å². The Labute approximate surface area is 154 Å². The van der Waals surface area contributed by atoms with Crippen LogP contribution in [0.5, 0.6) is 11.5 Å². The van der Waals surface area contributed by atoms with Gasteiger partial charge in [-0.05, 0) is 37.6 Å². The predicted octanol–water partition coefficient (Wildman–Crippen LogP) is 2.39. The van der Waals surface area contributed by atoms with Gasteiger partial charge in [0.15, 0.2) is 11.6 Å². The van der Waals surface area contributed by atoms with Crippen molar-refractivity contribution in [3.8, 4) is 11.5 Å². The lowest BCUT2D eigenvalue weighted by Crippen LogP contribution is -2.45. The monoisotopic (exact) mass is 363 g/mol. The molecule has 4 N–H and O–H groups in total. The maximum Gasteiger partial charge on any atom is 0.196 e. The highest BCUT2D eigenvalue weighted by Crippen LogP contribution is 2.56. The van der Waals surface area contributed by atoms with Crippen LogP contribution in [0.4, 0.5) is 0 Å². The molecular formula is C21H17NO5. The van der Waals surface area contributed by atoms with Gasteiger partial charge >= 0.3 is 0 Å². The predicted molar refractivity (Wildman–Crippen MR) is 97.7 cm³/mol. The number of carbonyl (C=O) groups excluding carboxylic acids is 3. The molecule has 6 heteroatoms. The Bertz CT molecular complexity index is 1110. The summed E-state index contributed by atoms with van der Waals surface area (Å²) in [6, 6.07) is 7.38. The first-order valence-corrected chi connectivity index (χ1v) is 8.45. The number of carbonyl (C=O) groups is 3. The van der Waals surface area contributed by atoms with E-state index in [0.29, 0.717) is 11.1 Å². The fraction of sp³-hybridized carbons (Fsp3) is 0.190. The summed E-state index contributed by atoms with van der Waals surface area (Å²) in [4.78, 5) is 39.0. The molecule has 0 heterocycles. The average molecular weight is 363 g/mol. The molecule has 0 saturated carbocycles. The van der Waals surface area contributed by atoms with Crippen molar-refractivity contribution in [1.29, 1.82) is 0 Å². The quantitative estimate of drug-likeness (QED) is 0.754. The second kappa shape index (κ2) is 5.30. The Kier molecular flexibility index (Phi) is 3.34. The third-order valence-corrected chi connectivity index (χ3v) is 5.32. The van der Waals surface area contributed by atoms with E-state index in [1.165, 1.54) is 31.2 Å². The minimum Gasteiger partial charge on any atom is -0.508 e. The topological polar surface area (TPSA) is 118 Å². The first-order chi connectivity index (χ1) is 12.7. The number of Topliss-reactive ketones (excluding diaryl/α,β-unsaturated/α-hetero) is 3. The number of phenolic OH excluding ortho intramolecular Hbond substituents is 2. The molecule has 0 aromatic heterocycles. The van der Waals surface area contributed by atoms with Crippen LogP contribution in [-0.4, -0.2) is 27.6 Å². The normalized spacial score (nSPS) is 20.4. The molecule has 0 fully saturated rings. The van der Waals surface area contributed by atoms with Gasteiger partial charge in [-0.2, -0.15) is 0 Å². The molecule has 0 radical (unpaired) electrons. The number of ketones is 3. The molecule has 2 aromatic rings. The largest absolute Gasteiger partial charge is 0.508 e. The summed E-state index contributed by atoms with van der Waals surface area (Å²) in [6.07, 6.45) is -0.299. The molecule has 0 saturated heterocycles. The zero-order valence-corrected chi connectivity index (χ0v) is 14.8. The fourth-order valence-corrected chi connectivity index (χ4v) is 4.41. The zero-order valence-electron chi connectivity index (χ0n) is 14.8. The van der Waals surface area contributed by atoms with Crippen molar-refractivity contribution < 1.29 is 24.6 Å². The van der Waals surface area contributed by atoms with Gasteiger partial charge < -0.3 is 15.9 Å². The number of rotatable bonds is 2. The van der Waals surface area contributed by atoms with Crippen molar-refractivity contribution in [3.05, 3.63) is 63.7 Å². The van der Waals surface area contributed by atoms with Gasteiger partial charge in [0.25, 0.3) is 0 Å². The van der Waals surface area contributed by atoms with E-state index in [4.69, 9.17) is 5.73 Å². The van der Waals surface area contributed by atoms with E-state index in [-0.39, 0.29) is 51.7 Å². The van der Waals surface area contributed by atoms with Crippen molar-refractivity contribution in [3.63, 3.8) is 0 Å². The number of phenols is 2. The Morgan fingerprint density at radius 3 is 2.48 bits per heavy atom. The van der Waals surface area contributed by atoms with E-state index >= 15 is 0 Å². The molecule has 0 amide bonds. The van der Waals surface area contributed by atoms with Crippen LogP contribution < -0.4 is 5.73 Å². The van der Waals surface area contributed by atoms with Crippen molar-refractivity contribution in [2.75, 3.05) is 0 Å². The van der Waals surface area contributed by atoms with Crippen LogP contribution >= 0.6 is 0 Å². The SMILES string of the molecule is CC(=O)C[C@@]12C(=O)c3cccc(O)c3C(=O)C1=C(N)c1cc(C)cc(O)c12. The van der Waals surface area contributed by atoms with Crippen LogP contribution in [0.15, 0.2) is 35.9 Å². The van der Waals surface area contributed by atoms with Crippen molar-refractivity contribution >= 4 is 23.0 Å². The van der Waals surface area contributed by atoms with Crippen LogP contribution in [0.2, 0.25) is 0 Å². The average Bonchev–Trinajstić information content (AvgIpc) is 2.82. The lowest BCUT2D eigenvalue weighted by molar-refractivity contribution is -0.117. The second-order valence-electron chi connectivity index (χ2n) is 7.14. The standard InChI is InChI=1S/C21H17NO5/c1-9-6-12-16(14(25)7-9)21(8-10(2)23)17(18(12)22)19(26)15-11(20(21)27)4-3-5-13(15)24/h3-7,24-25H,8,22H2,1-2H3/t21-/m0/s1. The Morgan fingerprint density at radius 1 is 1.11 bits per heavy atom. The number of allylic oxidation sites excluding steroid dienone is 1. The lowest BCUT2D eigenvalue weighted by Gasteiger charge is -2.35. The highest BCUT2D eigenvalue weighted by molar-refractivity contribution is 6.33. The highest BCUT2D eigenvalue weighted by Gasteiger charge is 2.58. The first-order valence-electron chi connectivity index (χ1n) is 8.45. The van der Waals surface area contributed by atoms with Gasteiger partial charge in [0.2, 0.25) is 0 Å². The number of benzene rings is 2. The smallest absolute Gasteiger partial charge is 0.196 e. The van der Waals surface area contributed by atoms with Gasteiger partial charge in [0, 0.05) is 34.4 Å². The van der Waals surface area contributed by atoms with E-state index in [9.17, 15) is 24.6 Å². The van der Waals surface area contributed by atoms with Crippen molar-refractivity contribution in [1.82, 2.24) is 0 Å². The lowest BCUT2D eigenvalue weighted by atomic mass is 9.62. The van der Waals surface area contributed by atoms with Crippen molar-refractivity contribution in [2.24, 2.45) is 5.73 Å². The van der Waals surface area contributed by atoms with Crippen LogP contribution in [0.25, 0.3) is 5.70 Å². The van der Waals surface area contributed by atoms with E-state index in [0.717, 1.165) is 0 Å². The molecule has 2 aliphatic rings. The van der Waals surface area contributed by atoms with Crippen molar-refractivity contribution in [2.45, 2.75) is 25.7 Å². The maximum absolute atomic E-state index is 13.6. The van der Waals surface area contributed by atoms with E-state index in [2.05, 4.69) is 0 Å². The highest BCUT2D eigenvalue weighted by atomic mass is 16.3. The Hall–Kier alpha value is -3.41. The summed E-state index contributed by atoms with van der Waals surface area (Å²) >= 11 is 0. The van der Waals surface area contributed by atoms with E-state index in [1.807, 2.05) is 0 Å². The van der Waals surface area contributed by atoms with Gasteiger partial charge in [-0.25, -0.2) is 0 Å². The summed E-state index contributed by atoms with van der Waals surface area (Å²) in [5, 5.41) is 20.8. The molecule has 0 aliphatic heterocycles. The minimum atomic E-state index is -1.68. The molecule has 0 unspecified atom stereocenters. The number of hydrogen-bond donors (Lipinski definition) is 3. The van der Waals surface area contributed by atoms with Gasteiger partial charge in [0.05, 0.1) is 5.56 Å². The number of fused-ring (bicyclic) bond motifs is 4. The number of hydrogen-bond acceptors (Lipinski definition) is 6. The molecule has 6 nitrogen and oxygen atoms in total. The van der Waals surface area contributed by atoms with Crippen LogP contribution in [0, 0.1) is 6.92 Å². The molecule has 0 bridgehead atoms. The number of nitrogens with two attached hydrogens (primary N) is 1. The molecule has 27 heavy (non-hydrogen) atoms. The summed E-state index contributed by atoms with van der Waals surface area (Å²) in [5.74, 6) is -1.96. The fourth-order valence-electron chi connectivity index (χ4n) is 4.41. The molecule has 136 valence electrons. The minimum absolute atomic E-state index is 0.0191. The Morgan fingerprint density at radius 2 is 1.81 bits per heavy atom. The first kappa shape index (κ1) is 17.0. The summed E-state index contributed by atoms with van der Waals surface area (Å²) < 4.78 is 0. The van der Waals surface area contributed by atoms with Gasteiger partial charge in [-0.3, -0.25) is 14.4 Å². The summed E-state index contributed by atoms with van der Waals surface area (Å²) in [6.45, 7) is 3.07. The van der Waals surface area contributed by atoms with Gasteiger partial charge in [0.1, 0.15) is 22.7 Å². The van der Waals surface area contributed by atoms with Crippen LogP contribution in [0.1, 0.15) is 50.8 Å². The van der Waals surface area contributed by atoms with Crippen LogP contribution in [0.3, 0.4) is 0 Å². The molecule has 0 spiro atoms. The number of aromatic hydroxyl groups is 2. The second-order valence-corrected chi connectivity index (χ2v) is 7.14. The van der Waals surface area contributed by atoms with E-state index in [1.54, 1.807) is 13.0 Å². The van der Waals surface area contributed by atoms with Gasteiger partial charge in [-0.1, -0.05) is 12.1 Å². The molecular weight excluding hydrogens is 346 g/mol. The molecule has 4 rings (SSSR count). The zero-order chi connectivity index (χ0) is 19.7. The van der Waals surface area contributed by atoms with E-state index < -0.39 is 17.0 Å². The maximum atomic E-state index is 13.6. The van der Waals surface area contributed by atoms with Gasteiger partial charge in [-0.15, -0.1) is 0 Å².